The number of carbonyl (C=O) groups is 1. The standard InChI is InChI=1S/C28H32Cl2N2O2/c1-5-24(19(2)18-32(3)4)21-10-7-12-23(17-21)34-27(33)16-20-9-6-11-22(15-20)31-28-25(29)13-8-14-26(28)30/h6-15,17,19,24,31H,5,16,18H2,1-4H3. The van der Waals surface area contributed by atoms with Crippen molar-refractivity contribution in [1.82, 2.24) is 4.90 Å². The van der Waals surface area contributed by atoms with Gasteiger partial charge in [0.15, 0.2) is 0 Å². The van der Waals surface area contributed by atoms with Crippen LogP contribution in [-0.2, 0) is 11.2 Å². The predicted octanol–water partition coefficient (Wildman–Crippen LogP) is 7.58. The highest BCUT2D eigenvalue weighted by molar-refractivity contribution is 6.39. The number of anilines is 2. The minimum absolute atomic E-state index is 0.157. The number of carbonyl (C=O) groups excluding carboxylic acids is 1. The molecule has 0 heterocycles. The number of hydrogen-bond acceptors (Lipinski definition) is 4. The van der Waals surface area contributed by atoms with Gasteiger partial charge in [-0.2, -0.15) is 0 Å². The first kappa shape index (κ1) is 26.1. The van der Waals surface area contributed by atoms with E-state index in [2.05, 4.69) is 44.2 Å². The largest absolute Gasteiger partial charge is 0.426 e. The van der Waals surface area contributed by atoms with Crippen molar-refractivity contribution in [2.24, 2.45) is 5.92 Å². The number of ether oxygens (including phenoxy) is 1. The zero-order chi connectivity index (χ0) is 24.7. The Morgan fingerprint density at radius 2 is 1.68 bits per heavy atom. The zero-order valence-corrected chi connectivity index (χ0v) is 21.7. The second kappa shape index (κ2) is 12.3. The van der Waals surface area contributed by atoms with E-state index in [-0.39, 0.29) is 12.4 Å². The quantitative estimate of drug-likeness (QED) is 0.231. The fourth-order valence-electron chi connectivity index (χ4n) is 4.33. The van der Waals surface area contributed by atoms with Crippen LogP contribution in [0.3, 0.4) is 0 Å². The van der Waals surface area contributed by atoms with E-state index < -0.39 is 0 Å². The summed E-state index contributed by atoms with van der Waals surface area (Å²) in [7, 11) is 4.18. The van der Waals surface area contributed by atoms with Crippen LogP contribution in [0.2, 0.25) is 10.0 Å². The lowest BCUT2D eigenvalue weighted by atomic mass is 9.85. The van der Waals surface area contributed by atoms with Gasteiger partial charge in [0.25, 0.3) is 0 Å². The summed E-state index contributed by atoms with van der Waals surface area (Å²) < 4.78 is 5.70. The molecule has 0 saturated carbocycles. The van der Waals surface area contributed by atoms with Gasteiger partial charge in [0.1, 0.15) is 5.75 Å². The maximum absolute atomic E-state index is 12.7. The first-order chi connectivity index (χ1) is 16.3. The highest BCUT2D eigenvalue weighted by Crippen LogP contribution is 2.33. The highest BCUT2D eigenvalue weighted by Gasteiger charge is 2.19. The number of nitrogens with zero attached hydrogens (tertiary/aromatic N) is 1. The van der Waals surface area contributed by atoms with Crippen LogP contribution in [0, 0.1) is 5.92 Å². The molecule has 3 aromatic carbocycles. The summed E-state index contributed by atoms with van der Waals surface area (Å²) in [6.45, 7) is 5.47. The molecule has 2 atom stereocenters. The molecule has 0 aliphatic rings. The molecule has 0 saturated heterocycles. The smallest absolute Gasteiger partial charge is 0.315 e. The normalized spacial score (nSPS) is 12.9. The van der Waals surface area contributed by atoms with Crippen molar-refractivity contribution in [3.63, 3.8) is 0 Å². The topological polar surface area (TPSA) is 41.6 Å². The van der Waals surface area contributed by atoms with Gasteiger partial charge >= 0.3 is 5.97 Å². The Morgan fingerprint density at radius 3 is 2.35 bits per heavy atom. The molecule has 2 unspecified atom stereocenters. The van der Waals surface area contributed by atoms with E-state index in [1.165, 1.54) is 5.56 Å². The zero-order valence-electron chi connectivity index (χ0n) is 20.1. The molecule has 0 spiro atoms. The lowest BCUT2D eigenvalue weighted by molar-refractivity contribution is -0.133. The van der Waals surface area contributed by atoms with Crippen molar-refractivity contribution in [1.29, 1.82) is 0 Å². The second-order valence-electron chi connectivity index (χ2n) is 8.90. The number of benzene rings is 3. The van der Waals surface area contributed by atoms with E-state index in [0.717, 1.165) is 24.2 Å². The molecule has 0 bridgehead atoms. The van der Waals surface area contributed by atoms with Crippen LogP contribution in [0.5, 0.6) is 5.75 Å². The molecule has 3 aromatic rings. The van der Waals surface area contributed by atoms with Gasteiger partial charge in [-0.05, 0) is 79.9 Å². The minimum atomic E-state index is -0.306. The van der Waals surface area contributed by atoms with E-state index >= 15 is 0 Å². The highest BCUT2D eigenvalue weighted by atomic mass is 35.5. The summed E-state index contributed by atoms with van der Waals surface area (Å²) >= 11 is 12.5. The summed E-state index contributed by atoms with van der Waals surface area (Å²) in [5, 5.41) is 4.29. The van der Waals surface area contributed by atoms with Crippen molar-refractivity contribution in [2.75, 3.05) is 26.0 Å². The average Bonchev–Trinajstić information content (AvgIpc) is 2.77. The van der Waals surface area contributed by atoms with E-state index in [1.807, 2.05) is 42.5 Å². The molecule has 34 heavy (non-hydrogen) atoms. The van der Waals surface area contributed by atoms with Gasteiger partial charge in [-0.3, -0.25) is 4.79 Å². The van der Waals surface area contributed by atoms with Gasteiger partial charge in [-0.25, -0.2) is 0 Å². The Hall–Kier alpha value is -2.53. The van der Waals surface area contributed by atoms with Crippen molar-refractivity contribution in [2.45, 2.75) is 32.6 Å². The number of halogens is 2. The molecule has 0 radical (unpaired) electrons. The van der Waals surface area contributed by atoms with Crippen molar-refractivity contribution in [3.05, 3.63) is 87.9 Å². The number of rotatable bonds is 10. The van der Waals surface area contributed by atoms with Crippen LogP contribution in [0.25, 0.3) is 0 Å². The Labute approximate surface area is 212 Å². The molecule has 0 aliphatic heterocycles. The van der Waals surface area contributed by atoms with Gasteiger partial charge in [-0.15, -0.1) is 0 Å². The Morgan fingerprint density at radius 1 is 1.00 bits per heavy atom. The van der Waals surface area contributed by atoms with Crippen LogP contribution in [0.1, 0.15) is 37.3 Å². The molecular formula is C28H32Cl2N2O2. The van der Waals surface area contributed by atoms with Crippen LogP contribution in [-0.4, -0.2) is 31.5 Å². The van der Waals surface area contributed by atoms with Crippen LogP contribution in [0.4, 0.5) is 11.4 Å². The van der Waals surface area contributed by atoms with Gasteiger partial charge in [0, 0.05) is 12.2 Å². The fraction of sp³-hybridized carbons (Fsp3) is 0.321. The summed E-state index contributed by atoms with van der Waals surface area (Å²) in [4.78, 5) is 14.9. The van der Waals surface area contributed by atoms with Crippen LogP contribution >= 0.6 is 23.2 Å². The molecule has 6 heteroatoms. The summed E-state index contributed by atoms with van der Waals surface area (Å²) in [6, 6.07) is 20.8. The van der Waals surface area contributed by atoms with Crippen molar-refractivity contribution >= 4 is 40.5 Å². The van der Waals surface area contributed by atoms with Gasteiger partial charge in [0.2, 0.25) is 0 Å². The van der Waals surface area contributed by atoms with Gasteiger partial charge in [-0.1, -0.05) is 67.4 Å². The molecule has 0 amide bonds. The summed E-state index contributed by atoms with van der Waals surface area (Å²) in [5.74, 6) is 1.17. The van der Waals surface area contributed by atoms with Crippen molar-refractivity contribution in [3.8, 4) is 5.75 Å². The molecule has 0 aromatic heterocycles. The second-order valence-corrected chi connectivity index (χ2v) is 9.71. The Bertz CT molecular complexity index is 1100. The molecule has 180 valence electrons. The first-order valence-electron chi connectivity index (χ1n) is 11.5. The maximum Gasteiger partial charge on any atom is 0.315 e. The number of esters is 1. The van der Waals surface area contributed by atoms with Gasteiger partial charge in [0.05, 0.1) is 22.2 Å². The monoisotopic (exact) mass is 498 g/mol. The first-order valence-corrected chi connectivity index (χ1v) is 12.3. The van der Waals surface area contributed by atoms with E-state index in [9.17, 15) is 4.79 Å². The molecule has 1 N–H and O–H groups in total. The van der Waals surface area contributed by atoms with Crippen molar-refractivity contribution < 1.29 is 9.53 Å². The summed E-state index contributed by atoms with van der Waals surface area (Å²) in [6.07, 6.45) is 1.19. The molecule has 4 nitrogen and oxygen atoms in total. The van der Waals surface area contributed by atoms with E-state index in [0.29, 0.717) is 33.3 Å². The lowest BCUT2D eigenvalue weighted by Crippen LogP contribution is -2.24. The number of para-hydroxylation sites is 1. The molecule has 3 rings (SSSR count). The van der Waals surface area contributed by atoms with Crippen LogP contribution < -0.4 is 10.1 Å². The molecule has 0 aliphatic carbocycles. The molecule has 0 fully saturated rings. The third-order valence-electron chi connectivity index (χ3n) is 5.81. The average molecular weight is 499 g/mol. The van der Waals surface area contributed by atoms with E-state index in [1.54, 1.807) is 18.2 Å². The lowest BCUT2D eigenvalue weighted by Gasteiger charge is -2.26. The van der Waals surface area contributed by atoms with Crippen LogP contribution in [0.15, 0.2) is 66.7 Å². The third kappa shape index (κ3) is 7.23. The minimum Gasteiger partial charge on any atom is -0.426 e. The predicted molar refractivity (Wildman–Crippen MR) is 143 cm³/mol. The van der Waals surface area contributed by atoms with Gasteiger partial charge < -0.3 is 15.0 Å². The summed E-state index contributed by atoms with van der Waals surface area (Å²) in [5.41, 5.74) is 3.46. The molecular weight excluding hydrogens is 467 g/mol. The maximum atomic E-state index is 12.7. The SMILES string of the molecule is CCC(c1cccc(OC(=O)Cc2cccc(Nc3c(Cl)cccc3Cl)c2)c1)C(C)CN(C)C. The van der Waals surface area contributed by atoms with E-state index in [4.69, 9.17) is 27.9 Å². The Balaban J connectivity index is 1.67. The number of nitrogens with one attached hydrogen (secondary N) is 1. The third-order valence-corrected chi connectivity index (χ3v) is 6.44. The Kier molecular flexibility index (Phi) is 9.40. The fourth-order valence-corrected chi connectivity index (χ4v) is 4.83. The number of hydrogen-bond donors (Lipinski definition) is 1.